The third-order valence-corrected chi connectivity index (χ3v) is 8.14. The Bertz CT molecular complexity index is 1760. The molecule has 0 bridgehead atoms. The Morgan fingerprint density at radius 3 is 2.45 bits per heavy atom. The average Bonchev–Trinajstić information content (AvgIpc) is 3.50. The van der Waals surface area contributed by atoms with E-state index in [9.17, 15) is 19.2 Å². The number of ether oxygens (including phenoxy) is 1. The van der Waals surface area contributed by atoms with Gasteiger partial charge in [-0.3, -0.25) is 14.2 Å². The summed E-state index contributed by atoms with van der Waals surface area (Å²) < 4.78 is 7.08. The second-order valence-electron chi connectivity index (χ2n) is 12.9. The number of para-hydroxylation sites is 1. The molecular formula is C32H39ClN6O5. The summed E-state index contributed by atoms with van der Waals surface area (Å²) in [5, 5.41) is 7.04. The second-order valence-corrected chi connectivity index (χ2v) is 13.3. The lowest BCUT2D eigenvalue weighted by Crippen LogP contribution is -2.60. The topological polar surface area (TPSA) is 141 Å². The zero-order chi connectivity index (χ0) is 31.8. The van der Waals surface area contributed by atoms with Gasteiger partial charge in [-0.2, -0.15) is 0 Å². The van der Waals surface area contributed by atoms with Gasteiger partial charge in [-0.1, -0.05) is 29.8 Å². The molecule has 3 heterocycles. The van der Waals surface area contributed by atoms with E-state index in [1.165, 1.54) is 0 Å². The van der Waals surface area contributed by atoms with Gasteiger partial charge in [-0.25, -0.2) is 9.59 Å². The Hall–Kier alpha value is -4.25. The van der Waals surface area contributed by atoms with Gasteiger partial charge in [0.25, 0.3) is 0 Å². The molecule has 2 aromatic heterocycles. The number of H-pyrrole nitrogens is 2. The molecule has 1 aliphatic rings. The molecule has 5 rings (SSSR count). The number of likely N-dealkylation sites (tertiary alicyclic amines) is 1. The number of carbonyl (C=O) groups excluding carboxylic acids is 3. The van der Waals surface area contributed by atoms with E-state index in [0.717, 1.165) is 22.0 Å². The first-order valence-corrected chi connectivity index (χ1v) is 15.2. The number of carbonyl (C=O) groups is 3. The number of nitrogens with one attached hydrogen (secondary N) is 4. The smallest absolute Gasteiger partial charge is 0.408 e. The van der Waals surface area contributed by atoms with Crippen LogP contribution in [0.25, 0.3) is 21.9 Å². The molecule has 44 heavy (non-hydrogen) atoms. The Morgan fingerprint density at radius 1 is 1.05 bits per heavy atom. The number of fused-ring (bicyclic) bond motifs is 2. The van der Waals surface area contributed by atoms with Crippen LogP contribution in [0.3, 0.4) is 0 Å². The van der Waals surface area contributed by atoms with Crippen molar-refractivity contribution in [3.8, 4) is 0 Å². The highest BCUT2D eigenvalue weighted by Gasteiger charge is 2.37. The van der Waals surface area contributed by atoms with Crippen molar-refractivity contribution < 1.29 is 19.1 Å². The molecular weight excluding hydrogens is 584 g/mol. The SMILES string of the molecule is CC(C)(C)OC(=O)NC(C)(C)C(=O)NC(Cc1c[nH]c2ccccc12)C(=O)N1CCC(n2c(=O)[nH]c3cc(Cl)ccc32)CC1. The van der Waals surface area contributed by atoms with Crippen LogP contribution >= 0.6 is 11.6 Å². The van der Waals surface area contributed by atoms with Crippen molar-refractivity contribution in [2.24, 2.45) is 0 Å². The zero-order valence-corrected chi connectivity index (χ0v) is 26.4. The van der Waals surface area contributed by atoms with Crippen LogP contribution in [-0.2, 0) is 20.7 Å². The largest absolute Gasteiger partial charge is 0.444 e. The lowest BCUT2D eigenvalue weighted by molar-refractivity contribution is -0.138. The van der Waals surface area contributed by atoms with Crippen LogP contribution in [0.4, 0.5) is 4.79 Å². The molecule has 1 saturated heterocycles. The summed E-state index contributed by atoms with van der Waals surface area (Å²) in [6.45, 7) is 9.18. The minimum atomic E-state index is -1.35. The van der Waals surface area contributed by atoms with Crippen LogP contribution in [0.5, 0.6) is 0 Å². The second kappa shape index (κ2) is 12.0. The van der Waals surface area contributed by atoms with Gasteiger partial charge < -0.3 is 30.2 Å². The number of nitrogens with zero attached hydrogens (tertiary/aromatic N) is 2. The first-order chi connectivity index (χ1) is 20.7. The van der Waals surface area contributed by atoms with Crippen LogP contribution in [-0.4, -0.2) is 67.6 Å². The summed E-state index contributed by atoms with van der Waals surface area (Å²) in [4.78, 5) is 60.7. The summed E-state index contributed by atoms with van der Waals surface area (Å²) in [6, 6.07) is 12.1. The summed E-state index contributed by atoms with van der Waals surface area (Å²) >= 11 is 6.11. The number of hydrogen-bond acceptors (Lipinski definition) is 5. The maximum absolute atomic E-state index is 14.0. The number of piperidine rings is 1. The van der Waals surface area contributed by atoms with E-state index < -0.39 is 29.2 Å². The molecule has 1 fully saturated rings. The molecule has 11 nitrogen and oxygen atoms in total. The zero-order valence-electron chi connectivity index (χ0n) is 25.6. The fourth-order valence-electron chi connectivity index (χ4n) is 5.71. The Labute approximate surface area is 260 Å². The molecule has 3 amide bonds. The highest BCUT2D eigenvalue weighted by atomic mass is 35.5. The van der Waals surface area contributed by atoms with Crippen LogP contribution in [0.2, 0.25) is 5.02 Å². The number of amides is 3. The molecule has 12 heteroatoms. The molecule has 1 aliphatic heterocycles. The van der Waals surface area contributed by atoms with Gasteiger partial charge in [0.15, 0.2) is 0 Å². The first-order valence-electron chi connectivity index (χ1n) is 14.8. The maximum Gasteiger partial charge on any atom is 0.408 e. The third-order valence-electron chi connectivity index (χ3n) is 7.90. The number of rotatable bonds is 7. The standard InChI is InChI=1S/C32H39ClN6O5/c1-31(2,3)44-30(43)37-32(4,5)28(41)35-25(16-19-18-34-23-9-7-6-8-22(19)23)27(40)38-14-12-21(13-15-38)39-26-11-10-20(33)17-24(26)36-29(39)42/h6-11,17-18,21,25,34H,12-16H2,1-5H3,(H,35,41)(H,36,42)(H,37,43). The summed E-state index contributed by atoms with van der Waals surface area (Å²) in [5.41, 5.74) is 0.957. The average molecular weight is 623 g/mol. The van der Waals surface area contributed by atoms with Crippen LogP contribution in [0.15, 0.2) is 53.5 Å². The van der Waals surface area contributed by atoms with Crippen molar-refractivity contribution in [2.75, 3.05) is 13.1 Å². The number of aromatic amines is 2. The van der Waals surface area contributed by atoms with E-state index in [1.807, 2.05) is 36.5 Å². The van der Waals surface area contributed by atoms with Gasteiger partial charge in [-0.05, 0) is 77.3 Å². The highest BCUT2D eigenvalue weighted by Crippen LogP contribution is 2.27. The van der Waals surface area contributed by atoms with E-state index in [4.69, 9.17) is 16.3 Å². The van der Waals surface area contributed by atoms with Crippen LogP contribution in [0, 0.1) is 0 Å². The minimum Gasteiger partial charge on any atom is -0.444 e. The highest BCUT2D eigenvalue weighted by molar-refractivity contribution is 6.31. The lowest BCUT2D eigenvalue weighted by atomic mass is 9.98. The lowest BCUT2D eigenvalue weighted by Gasteiger charge is -2.36. The fourth-order valence-corrected chi connectivity index (χ4v) is 5.88. The van der Waals surface area contributed by atoms with Gasteiger partial charge in [0, 0.05) is 47.7 Å². The summed E-state index contributed by atoms with van der Waals surface area (Å²) in [5.74, 6) is -0.742. The van der Waals surface area contributed by atoms with Crippen molar-refractivity contribution in [1.82, 2.24) is 30.1 Å². The normalized spacial score (nSPS) is 15.4. The predicted molar refractivity (Wildman–Crippen MR) is 170 cm³/mol. The minimum absolute atomic E-state index is 0.0971. The van der Waals surface area contributed by atoms with Crippen molar-refractivity contribution >= 4 is 51.4 Å². The van der Waals surface area contributed by atoms with E-state index >= 15 is 0 Å². The summed E-state index contributed by atoms with van der Waals surface area (Å²) in [6.07, 6.45) is 2.51. The van der Waals surface area contributed by atoms with E-state index in [1.54, 1.807) is 56.2 Å². The van der Waals surface area contributed by atoms with Crippen LogP contribution in [0.1, 0.15) is 59.1 Å². The number of benzene rings is 2. The maximum atomic E-state index is 14.0. The quantitative estimate of drug-likeness (QED) is 0.237. The van der Waals surface area contributed by atoms with Crippen molar-refractivity contribution in [1.29, 1.82) is 0 Å². The molecule has 234 valence electrons. The van der Waals surface area contributed by atoms with E-state index in [2.05, 4.69) is 20.6 Å². The van der Waals surface area contributed by atoms with Crippen molar-refractivity contribution in [3.63, 3.8) is 0 Å². The van der Waals surface area contributed by atoms with Crippen LogP contribution < -0.4 is 16.3 Å². The van der Waals surface area contributed by atoms with E-state index in [-0.39, 0.29) is 24.1 Å². The fraction of sp³-hybridized carbons (Fsp3) is 0.438. The molecule has 4 N–H and O–H groups in total. The molecule has 0 spiro atoms. The molecule has 1 unspecified atom stereocenters. The molecule has 0 radical (unpaired) electrons. The number of aromatic nitrogens is 3. The van der Waals surface area contributed by atoms with Gasteiger partial charge in [0.2, 0.25) is 11.8 Å². The molecule has 0 aliphatic carbocycles. The molecule has 4 aromatic rings. The van der Waals surface area contributed by atoms with Gasteiger partial charge in [0.05, 0.1) is 11.0 Å². The molecule has 0 saturated carbocycles. The summed E-state index contributed by atoms with van der Waals surface area (Å²) in [7, 11) is 0. The van der Waals surface area contributed by atoms with E-state index in [0.29, 0.717) is 36.5 Å². The number of halogens is 1. The van der Waals surface area contributed by atoms with Gasteiger partial charge in [0.1, 0.15) is 17.2 Å². The Kier molecular flexibility index (Phi) is 8.53. The van der Waals surface area contributed by atoms with Gasteiger partial charge >= 0.3 is 11.8 Å². The molecule has 2 aromatic carbocycles. The van der Waals surface area contributed by atoms with Crippen molar-refractivity contribution in [2.45, 2.75) is 77.1 Å². The Balaban J connectivity index is 1.34. The number of alkyl carbamates (subject to hydrolysis) is 1. The van der Waals surface area contributed by atoms with Crippen molar-refractivity contribution in [3.05, 3.63) is 69.7 Å². The molecule has 1 atom stereocenters. The number of imidazole rings is 1. The third kappa shape index (κ3) is 6.77. The predicted octanol–water partition coefficient (Wildman–Crippen LogP) is 4.66. The Morgan fingerprint density at radius 2 is 1.75 bits per heavy atom. The first kappa shape index (κ1) is 31.2. The monoisotopic (exact) mass is 622 g/mol. The van der Waals surface area contributed by atoms with Gasteiger partial charge in [-0.15, -0.1) is 0 Å². The number of hydrogen-bond donors (Lipinski definition) is 4.